The average molecular weight is 133 g/mol. The summed E-state index contributed by atoms with van der Waals surface area (Å²) in [7, 11) is 0. The molecule has 0 aliphatic heterocycles. The summed E-state index contributed by atoms with van der Waals surface area (Å²) in [6.07, 6.45) is 5.30. The summed E-state index contributed by atoms with van der Waals surface area (Å²) >= 11 is 5.74. The smallest absolute Gasteiger partial charge is 0.0140 e. The van der Waals surface area contributed by atoms with E-state index >= 15 is 0 Å². The highest BCUT2D eigenvalue weighted by atomic mass is 35.5. The van der Waals surface area contributed by atoms with E-state index < -0.39 is 0 Å². The molecule has 0 aromatic heterocycles. The van der Waals surface area contributed by atoms with Crippen LogP contribution in [0.25, 0.3) is 0 Å². The maximum absolute atomic E-state index is 5.74. The number of hydrogen-bond acceptors (Lipinski definition) is 0. The third-order valence-corrected chi connectivity index (χ3v) is 1.26. The fraction of sp³-hybridized carbons (Fsp3) is 0.714. The molecule has 0 heterocycles. The van der Waals surface area contributed by atoms with E-state index in [1.54, 1.807) is 0 Å². The second-order valence-corrected chi connectivity index (χ2v) is 2.29. The molecule has 0 saturated carbocycles. The summed E-state index contributed by atoms with van der Waals surface area (Å²) < 4.78 is 0. The molecule has 0 radical (unpaired) electrons. The minimum Gasteiger partial charge on any atom is -0.0895 e. The van der Waals surface area contributed by atoms with Crippen LogP contribution in [-0.2, 0) is 0 Å². The minimum atomic E-state index is 1.01. The van der Waals surface area contributed by atoms with Gasteiger partial charge in [0.2, 0.25) is 0 Å². The molecule has 0 amide bonds. The van der Waals surface area contributed by atoms with Crippen molar-refractivity contribution in [1.29, 1.82) is 0 Å². The van der Waals surface area contributed by atoms with E-state index in [2.05, 4.69) is 19.9 Å². The molecule has 0 N–H and O–H groups in total. The zero-order valence-electron chi connectivity index (χ0n) is 5.58. The summed E-state index contributed by atoms with van der Waals surface area (Å²) in [5, 5.41) is 1.01. The van der Waals surface area contributed by atoms with Crippen molar-refractivity contribution >= 4 is 11.6 Å². The molecule has 8 heavy (non-hydrogen) atoms. The van der Waals surface area contributed by atoms with Gasteiger partial charge < -0.3 is 0 Å². The van der Waals surface area contributed by atoms with E-state index in [1.807, 2.05) is 0 Å². The molecular formula is C7H13Cl. The van der Waals surface area contributed by atoms with E-state index in [-0.39, 0.29) is 0 Å². The van der Waals surface area contributed by atoms with Gasteiger partial charge in [0.25, 0.3) is 0 Å². The molecule has 0 saturated heterocycles. The molecule has 0 aromatic carbocycles. The Balaban J connectivity index is 3.29. The summed E-state index contributed by atoms with van der Waals surface area (Å²) in [4.78, 5) is 0. The topological polar surface area (TPSA) is 0 Å². The Morgan fingerprint density at radius 3 is 2.50 bits per heavy atom. The van der Waals surface area contributed by atoms with Crippen LogP contribution in [-0.4, -0.2) is 0 Å². The van der Waals surface area contributed by atoms with Crippen LogP contribution in [0.1, 0.15) is 33.1 Å². The second kappa shape index (κ2) is 5.17. The third-order valence-electron chi connectivity index (χ3n) is 0.914. The van der Waals surface area contributed by atoms with E-state index in [1.165, 1.54) is 0 Å². The molecule has 0 rings (SSSR count). The van der Waals surface area contributed by atoms with Gasteiger partial charge >= 0.3 is 0 Å². The maximum Gasteiger partial charge on any atom is 0.0140 e. The maximum atomic E-state index is 5.74. The van der Waals surface area contributed by atoms with Crippen molar-refractivity contribution < 1.29 is 0 Å². The molecule has 1 heteroatoms. The van der Waals surface area contributed by atoms with Crippen molar-refractivity contribution in [3.63, 3.8) is 0 Å². The largest absolute Gasteiger partial charge is 0.0895 e. The summed E-state index contributed by atoms with van der Waals surface area (Å²) in [6, 6.07) is 0. The molecule has 0 spiro atoms. The van der Waals surface area contributed by atoms with Crippen LogP contribution in [0, 0.1) is 0 Å². The average Bonchev–Trinajstić information content (AvgIpc) is 1.68. The Morgan fingerprint density at radius 2 is 2.12 bits per heavy atom. The van der Waals surface area contributed by atoms with Crippen LogP contribution in [0.15, 0.2) is 11.1 Å². The van der Waals surface area contributed by atoms with Crippen molar-refractivity contribution in [2.75, 3.05) is 0 Å². The SMILES string of the molecule is CCC=C(Cl)CCC. The van der Waals surface area contributed by atoms with Crippen LogP contribution >= 0.6 is 11.6 Å². The van der Waals surface area contributed by atoms with Gasteiger partial charge in [0.05, 0.1) is 0 Å². The van der Waals surface area contributed by atoms with Crippen molar-refractivity contribution in [1.82, 2.24) is 0 Å². The molecule has 0 nitrogen and oxygen atoms in total. The summed E-state index contributed by atoms with van der Waals surface area (Å²) in [5.41, 5.74) is 0. The van der Waals surface area contributed by atoms with Crippen LogP contribution < -0.4 is 0 Å². The van der Waals surface area contributed by atoms with Gasteiger partial charge in [-0.1, -0.05) is 37.9 Å². The molecule has 0 bridgehead atoms. The monoisotopic (exact) mass is 132 g/mol. The number of rotatable bonds is 3. The van der Waals surface area contributed by atoms with Gasteiger partial charge in [-0.05, 0) is 12.8 Å². The fourth-order valence-corrected chi connectivity index (χ4v) is 0.906. The molecule has 0 fully saturated rings. The Bertz CT molecular complexity index is 74.5. The first-order chi connectivity index (χ1) is 3.81. The van der Waals surface area contributed by atoms with Gasteiger partial charge in [0.1, 0.15) is 0 Å². The van der Waals surface area contributed by atoms with E-state index in [0.717, 1.165) is 24.3 Å². The molecule has 0 atom stereocenters. The number of halogens is 1. The quantitative estimate of drug-likeness (QED) is 0.553. The van der Waals surface area contributed by atoms with Gasteiger partial charge in [0.15, 0.2) is 0 Å². The molecule has 0 aromatic rings. The van der Waals surface area contributed by atoms with Crippen molar-refractivity contribution in [3.8, 4) is 0 Å². The minimum absolute atomic E-state index is 1.01. The summed E-state index contributed by atoms with van der Waals surface area (Å²) in [6.45, 7) is 4.23. The van der Waals surface area contributed by atoms with Crippen LogP contribution in [0.2, 0.25) is 0 Å². The number of allylic oxidation sites excluding steroid dienone is 2. The third kappa shape index (κ3) is 4.20. The van der Waals surface area contributed by atoms with Gasteiger partial charge in [-0.3, -0.25) is 0 Å². The fourth-order valence-electron chi connectivity index (χ4n) is 0.562. The molecule has 48 valence electrons. The molecule has 0 unspecified atom stereocenters. The lowest BCUT2D eigenvalue weighted by molar-refractivity contribution is 0.937. The van der Waals surface area contributed by atoms with Gasteiger partial charge in [-0.25, -0.2) is 0 Å². The van der Waals surface area contributed by atoms with E-state index in [0.29, 0.717) is 0 Å². The lowest BCUT2D eigenvalue weighted by Gasteiger charge is -1.90. The first kappa shape index (κ1) is 8.03. The Morgan fingerprint density at radius 1 is 1.50 bits per heavy atom. The number of hydrogen-bond donors (Lipinski definition) is 0. The van der Waals surface area contributed by atoms with Crippen molar-refractivity contribution in [2.45, 2.75) is 33.1 Å². The Hall–Kier alpha value is 0.0300. The summed E-state index contributed by atoms with van der Waals surface area (Å²) in [5.74, 6) is 0. The molecule has 0 aliphatic carbocycles. The van der Waals surface area contributed by atoms with E-state index in [4.69, 9.17) is 11.6 Å². The molecular weight excluding hydrogens is 120 g/mol. The van der Waals surface area contributed by atoms with Gasteiger partial charge in [-0.2, -0.15) is 0 Å². The van der Waals surface area contributed by atoms with Crippen molar-refractivity contribution in [2.24, 2.45) is 0 Å². The zero-order chi connectivity index (χ0) is 6.41. The predicted molar refractivity (Wildman–Crippen MR) is 39.1 cm³/mol. The molecule has 0 aliphatic rings. The van der Waals surface area contributed by atoms with Gasteiger partial charge in [0, 0.05) is 5.03 Å². The van der Waals surface area contributed by atoms with Crippen molar-refractivity contribution in [3.05, 3.63) is 11.1 Å². The van der Waals surface area contributed by atoms with Gasteiger partial charge in [-0.15, -0.1) is 0 Å². The first-order valence-electron chi connectivity index (χ1n) is 3.15. The highest BCUT2D eigenvalue weighted by Gasteiger charge is 1.85. The first-order valence-corrected chi connectivity index (χ1v) is 3.53. The Labute approximate surface area is 56.5 Å². The standard InChI is InChI=1S/C7H13Cl/c1-3-5-7(8)6-4-2/h5H,3-4,6H2,1-2H3. The van der Waals surface area contributed by atoms with Crippen LogP contribution in [0.3, 0.4) is 0 Å². The van der Waals surface area contributed by atoms with Crippen LogP contribution in [0.5, 0.6) is 0 Å². The predicted octanol–water partition coefficient (Wildman–Crippen LogP) is 3.32. The second-order valence-electron chi connectivity index (χ2n) is 1.81. The van der Waals surface area contributed by atoms with E-state index in [9.17, 15) is 0 Å². The lowest BCUT2D eigenvalue weighted by atomic mass is 10.3. The zero-order valence-corrected chi connectivity index (χ0v) is 6.33. The normalized spacial score (nSPS) is 12.1. The van der Waals surface area contributed by atoms with Crippen LogP contribution in [0.4, 0.5) is 0 Å². The highest BCUT2D eigenvalue weighted by Crippen LogP contribution is 2.09. The Kier molecular flexibility index (Phi) is 5.19. The lowest BCUT2D eigenvalue weighted by Crippen LogP contribution is -1.69. The highest BCUT2D eigenvalue weighted by molar-refractivity contribution is 6.29.